The number of carbonyl (C=O) groups is 2. The van der Waals surface area contributed by atoms with Crippen LogP contribution in [0, 0.1) is 5.82 Å². The van der Waals surface area contributed by atoms with Gasteiger partial charge < -0.3 is 10.2 Å². The second kappa shape index (κ2) is 12.5. The monoisotopic (exact) mass is 658 g/mol. The van der Waals surface area contributed by atoms with E-state index in [0.29, 0.717) is 0 Å². The molecular formula is C26H20BrClF8N2O2. The molecule has 216 valence electrons. The molecule has 2 aromatic rings. The predicted molar refractivity (Wildman–Crippen MR) is 140 cm³/mol. The van der Waals surface area contributed by atoms with E-state index >= 15 is 4.39 Å². The summed E-state index contributed by atoms with van der Waals surface area (Å²) < 4.78 is 108. The van der Waals surface area contributed by atoms with Crippen molar-refractivity contribution in [3.63, 3.8) is 0 Å². The molecule has 0 aromatic heterocycles. The number of carbonyl (C=O) groups excluding carboxylic acids is 2. The lowest BCUT2D eigenvalue weighted by Crippen LogP contribution is -2.50. The lowest BCUT2D eigenvalue weighted by molar-refractivity contribution is -0.348. The number of alkyl halides is 7. The minimum atomic E-state index is -6.39. The molecule has 0 bridgehead atoms. The summed E-state index contributed by atoms with van der Waals surface area (Å²) in [6, 6.07) is 3.71. The quantitative estimate of drug-likeness (QED) is 0.175. The standard InChI is InChI=1S/C26H20BrClF8N2O2/c1-4-8-14(9-5-2)23(40)38(6-3)19-11-7-10-16(20(19)29)22(39)37-21-17(27)12-15(13-18(21)28)24(30,25(31,32)33)26(34,35)36/h4-5,7-13H,1,6H2,2-3H3,(H,37,39)/b9-5-,14-8+. The third-order valence-corrected chi connectivity index (χ3v) is 6.35. The number of nitrogens with one attached hydrogen (secondary N) is 1. The zero-order chi connectivity index (χ0) is 30.6. The summed E-state index contributed by atoms with van der Waals surface area (Å²) in [5, 5.41) is 1.18. The SMILES string of the molecule is C=C/C=C(\C=C/C)C(=O)N(CC)c1cccc(C(=O)Nc2c(Cl)cc(C(F)(C(F)(F)F)C(F)(F)F)cc2Br)c1F. The number of allylic oxidation sites excluding steroid dienone is 3. The second-order valence-corrected chi connectivity index (χ2v) is 9.23. The van der Waals surface area contributed by atoms with Gasteiger partial charge in [-0.05, 0) is 54.0 Å². The zero-order valence-corrected chi connectivity index (χ0v) is 23.0. The number of amides is 2. The van der Waals surface area contributed by atoms with Gasteiger partial charge in [-0.1, -0.05) is 48.6 Å². The molecule has 0 aliphatic heterocycles. The van der Waals surface area contributed by atoms with E-state index in [2.05, 4.69) is 27.8 Å². The molecule has 2 rings (SSSR count). The Balaban J connectivity index is 2.53. The number of likely N-dealkylation sites (N-methyl/N-ethyl adjacent to an activating group) is 1. The predicted octanol–water partition coefficient (Wildman–Crippen LogP) is 8.82. The van der Waals surface area contributed by atoms with Crippen molar-refractivity contribution in [1.82, 2.24) is 0 Å². The van der Waals surface area contributed by atoms with Gasteiger partial charge in [-0.3, -0.25) is 9.59 Å². The first-order chi connectivity index (χ1) is 18.5. The smallest absolute Gasteiger partial charge is 0.320 e. The fraction of sp³-hybridized carbons (Fsp3) is 0.231. The lowest BCUT2D eigenvalue weighted by Gasteiger charge is -2.30. The lowest BCUT2D eigenvalue weighted by atomic mass is 9.94. The molecule has 4 nitrogen and oxygen atoms in total. The molecule has 0 aliphatic rings. The average Bonchev–Trinajstić information content (AvgIpc) is 2.85. The number of rotatable bonds is 8. The maximum atomic E-state index is 15.5. The van der Waals surface area contributed by atoms with Crippen LogP contribution in [0.2, 0.25) is 5.02 Å². The van der Waals surface area contributed by atoms with Gasteiger partial charge in [0.15, 0.2) is 5.82 Å². The summed E-state index contributed by atoms with van der Waals surface area (Å²) in [7, 11) is 0. The van der Waals surface area contributed by atoms with E-state index in [-0.39, 0.29) is 29.9 Å². The van der Waals surface area contributed by atoms with E-state index in [0.717, 1.165) is 11.0 Å². The van der Waals surface area contributed by atoms with Crippen molar-refractivity contribution < 1.29 is 44.7 Å². The molecule has 2 aromatic carbocycles. The Labute approximate surface area is 237 Å². The van der Waals surface area contributed by atoms with E-state index in [1.54, 1.807) is 19.9 Å². The Morgan fingerprint density at radius 3 is 2.17 bits per heavy atom. The van der Waals surface area contributed by atoms with Crippen LogP contribution in [0.5, 0.6) is 0 Å². The Hall–Kier alpha value is -3.19. The second-order valence-electron chi connectivity index (χ2n) is 7.97. The van der Waals surface area contributed by atoms with Gasteiger partial charge in [0.05, 0.1) is 22.0 Å². The molecule has 0 saturated carbocycles. The molecule has 1 N–H and O–H groups in total. The molecule has 14 heteroatoms. The molecule has 0 saturated heterocycles. The van der Waals surface area contributed by atoms with Gasteiger partial charge in [0, 0.05) is 22.2 Å². The Morgan fingerprint density at radius 2 is 1.70 bits per heavy atom. The van der Waals surface area contributed by atoms with Gasteiger partial charge in [0.1, 0.15) is 0 Å². The highest BCUT2D eigenvalue weighted by Crippen LogP contribution is 2.54. The van der Waals surface area contributed by atoms with Gasteiger partial charge in [-0.15, -0.1) is 0 Å². The summed E-state index contributed by atoms with van der Waals surface area (Å²) in [6.45, 7) is 6.71. The van der Waals surface area contributed by atoms with Crippen LogP contribution in [0.25, 0.3) is 0 Å². The largest absolute Gasteiger partial charge is 0.435 e. The fourth-order valence-electron chi connectivity index (χ4n) is 3.55. The number of benzene rings is 2. The Bertz CT molecular complexity index is 1330. The number of nitrogens with zero attached hydrogens (tertiary/aromatic N) is 1. The maximum absolute atomic E-state index is 15.5. The highest BCUT2D eigenvalue weighted by atomic mass is 79.9. The van der Waals surface area contributed by atoms with Crippen LogP contribution in [0.3, 0.4) is 0 Å². The Morgan fingerprint density at radius 1 is 1.10 bits per heavy atom. The highest BCUT2D eigenvalue weighted by molar-refractivity contribution is 9.10. The van der Waals surface area contributed by atoms with E-state index < -0.39 is 62.0 Å². The summed E-state index contributed by atoms with van der Waals surface area (Å²) in [4.78, 5) is 26.9. The van der Waals surface area contributed by atoms with Crippen molar-refractivity contribution in [1.29, 1.82) is 0 Å². The molecule has 40 heavy (non-hydrogen) atoms. The van der Waals surface area contributed by atoms with Gasteiger partial charge in [0.2, 0.25) is 0 Å². The molecule has 0 radical (unpaired) electrons. The third-order valence-electron chi connectivity index (χ3n) is 5.43. The normalized spacial score (nSPS) is 12.9. The molecular weight excluding hydrogens is 640 g/mol. The van der Waals surface area contributed by atoms with Crippen molar-refractivity contribution in [3.8, 4) is 0 Å². The molecule has 2 amide bonds. The molecule has 0 atom stereocenters. The van der Waals surface area contributed by atoms with Crippen LogP contribution >= 0.6 is 27.5 Å². The third kappa shape index (κ3) is 6.41. The van der Waals surface area contributed by atoms with Crippen LogP contribution in [-0.2, 0) is 10.5 Å². The van der Waals surface area contributed by atoms with Crippen molar-refractivity contribution in [3.05, 3.63) is 93.2 Å². The minimum Gasteiger partial charge on any atom is -0.320 e. The van der Waals surface area contributed by atoms with Crippen molar-refractivity contribution in [2.45, 2.75) is 31.9 Å². The minimum absolute atomic E-state index is 0.0188. The zero-order valence-electron chi connectivity index (χ0n) is 20.7. The van der Waals surface area contributed by atoms with Gasteiger partial charge in [0.25, 0.3) is 11.8 Å². The summed E-state index contributed by atoms with van der Waals surface area (Å²) >= 11 is 8.53. The number of halogens is 10. The fourth-order valence-corrected chi connectivity index (χ4v) is 4.49. The first-order valence-corrected chi connectivity index (χ1v) is 12.3. The van der Waals surface area contributed by atoms with Crippen molar-refractivity contribution in [2.24, 2.45) is 0 Å². The molecule has 0 aliphatic carbocycles. The summed E-state index contributed by atoms with van der Waals surface area (Å²) in [5.74, 6) is -3.00. The van der Waals surface area contributed by atoms with Crippen LogP contribution in [0.1, 0.15) is 29.8 Å². The maximum Gasteiger partial charge on any atom is 0.435 e. The number of hydrogen-bond acceptors (Lipinski definition) is 2. The number of anilines is 2. The van der Waals surface area contributed by atoms with Crippen LogP contribution in [-0.4, -0.2) is 30.7 Å². The van der Waals surface area contributed by atoms with Crippen molar-refractivity contribution in [2.75, 3.05) is 16.8 Å². The molecule has 0 fully saturated rings. The summed E-state index contributed by atoms with van der Waals surface area (Å²) in [5.41, 5.74) is -8.99. The summed E-state index contributed by atoms with van der Waals surface area (Å²) in [6.07, 6.45) is -6.99. The topological polar surface area (TPSA) is 49.4 Å². The van der Waals surface area contributed by atoms with E-state index in [1.807, 2.05) is 0 Å². The molecule has 0 unspecified atom stereocenters. The molecule has 0 heterocycles. The number of hydrogen-bond donors (Lipinski definition) is 1. The molecule has 0 spiro atoms. The van der Waals surface area contributed by atoms with Crippen LogP contribution in [0.4, 0.5) is 46.5 Å². The van der Waals surface area contributed by atoms with E-state index in [4.69, 9.17) is 11.6 Å². The van der Waals surface area contributed by atoms with Crippen molar-refractivity contribution >= 4 is 50.7 Å². The Kier molecular flexibility index (Phi) is 10.4. The van der Waals surface area contributed by atoms with E-state index in [9.17, 15) is 40.3 Å². The first kappa shape index (κ1) is 33.0. The van der Waals surface area contributed by atoms with Crippen LogP contribution in [0.15, 0.2) is 71.3 Å². The van der Waals surface area contributed by atoms with Gasteiger partial charge in [-0.2, -0.15) is 26.3 Å². The van der Waals surface area contributed by atoms with Gasteiger partial charge >= 0.3 is 18.0 Å². The first-order valence-electron chi connectivity index (χ1n) is 11.1. The highest BCUT2D eigenvalue weighted by Gasteiger charge is 2.73. The van der Waals surface area contributed by atoms with Crippen LogP contribution < -0.4 is 10.2 Å². The van der Waals surface area contributed by atoms with E-state index in [1.165, 1.54) is 30.4 Å². The average molecular weight is 660 g/mol. The van der Waals surface area contributed by atoms with Gasteiger partial charge in [-0.25, -0.2) is 8.78 Å².